The van der Waals surface area contributed by atoms with Gasteiger partial charge in [0.25, 0.3) is 10.0 Å². The standard InChI is InChI=1S/C13H13FN2O4S/c1-8-3-4-9(14)5-11(8)15-21(19,20)10-6-12(13(17)18)16(2)7-10/h3-7,15H,1-2H3,(H,17,18). The summed E-state index contributed by atoms with van der Waals surface area (Å²) in [6.45, 7) is 1.63. The molecule has 0 aliphatic carbocycles. The first-order valence-corrected chi connectivity index (χ1v) is 7.37. The van der Waals surface area contributed by atoms with E-state index in [4.69, 9.17) is 5.11 Å². The zero-order valence-corrected chi connectivity index (χ0v) is 12.1. The Morgan fingerprint density at radius 2 is 2.00 bits per heavy atom. The third-order valence-corrected chi connectivity index (χ3v) is 4.29. The molecule has 112 valence electrons. The van der Waals surface area contributed by atoms with Gasteiger partial charge in [0.2, 0.25) is 0 Å². The number of aromatic nitrogens is 1. The molecule has 0 amide bonds. The molecule has 2 N–H and O–H groups in total. The number of halogens is 1. The first-order valence-electron chi connectivity index (χ1n) is 5.89. The van der Waals surface area contributed by atoms with Crippen molar-refractivity contribution in [2.45, 2.75) is 11.8 Å². The van der Waals surface area contributed by atoms with Crippen LogP contribution in [0.4, 0.5) is 10.1 Å². The van der Waals surface area contributed by atoms with Crippen LogP contribution in [0.3, 0.4) is 0 Å². The zero-order chi connectivity index (χ0) is 15.8. The Labute approximate surface area is 120 Å². The second-order valence-corrected chi connectivity index (χ2v) is 6.22. The fourth-order valence-electron chi connectivity index (χ4n) is 1.80. The Hall–Kier alpha value is -2.35. The van der Waals surface area contributed by atoms with Crippen LogP contribution in [0.1, 0.15) is 16.1 Å². The predicted octanol–water partition coefficient (Wildman–Crippen LogP) is 1.97. The molecule has 2 aromatic rings. The fourth-order valence-corrected chi connectivity index (χ4v) is 2.99. The molecule has 0 aliphatic heterocycles. The third kappa shape index (κ3) is 3.05. The molecule has 1 aromatic carbocycles. The van der Waals surface area contributed by atoms with Gasteiger partial charge < -0.3 is 9.67 Å². The first-order chi connectivity index (χ1) is 9.70. The van der Waals surface area contributed by atoms with Gasteiger partial charge in [-0.3, -0.25) is 4.72 Å². The maximum Gasteiger partial charge on any atom is 0.352 e. The minimum atomic E-state index is -3.99. The number of nitrogens with zero attached hydrogens (tertiary/aromatic N) is 1. The van der Waals surface area contributed by atoms with E-state index in [0.717, 1.165) is 12.1 Å². The number of hydrogen-bond acceptors (Lipinski definition) is 3. The first kappa shape index (κ1) is 15.0. The van der Waals surface area contributed by atoms with Crippen LogP contribution in [0.5, 0.6) is 0 Å². The van der Waals surface area contributed by atoms with Gasteiger partial charge in [-0.25, -0.2) is 17.6 Å². The molecule has 0 radical (unpaired) electrons. The Morgan fingerprint density at radius 1 is 1.33 bits per heavy atom. The molecular formula is C13H13FN2O4S. The van der Waals surface area contributed by atoms with Crippen molar-refractivity contribution in [3.05, 3.63) is 47.5 Å². The summed E-state index contributed by atoms with van der Waals surface area (Å²) in [5.41, 5.74) is 0.497. The molecule has 1 heterocycles. The van der Waals surface area contributed by atoms with Crippen LogP contribution in [0.2, 0.25) is 0 Å². The topological polar surface area (TPSA) is 88.4 Å². The van der Waals surface area contributed by atoms with Crippen LogP contribution < -0.4 is 4.72 Å². The summed E-state index contributed by atoms with van der Waals surface area (Å²) in [5, 5.41) is 8.93. The molecule has 1 aromatic heterocycles. The van der Waals surface area contributed by atoms with Gasteiger partial charge in [0.15, 0.2) is 0 Å². The third-order valence-electron chi connectivity index (χ3n) is 2.95. The van der Waals surface area contributed by atoms with Crippen molar-refractivity contribution in [2.75, 3.05) is 4.72 Å². The highest BCUT2D eigenvalue weighted by atomic mass is 32.2. The second-order valence-electron chi connectivity index (χ2n) is 4.54. The van der Waals surface area contributed by atoms with Gasteiger partial charge in [-0.05, 0) is 30.7 Å². The number of carbonyl (C=O) groups is 1. The Morgan fingerprint density at radius 3 is 2.57 bits per heavy atom. The number of anilines is 1. The number of carboxylic acid groups (broad SMARTS) is 1. The Bertz CT molecular complexity index is 812. The lowest BCUT2D eigenvalue weighted by Crippen LogP contribution is -2.13. The zero-order valence-electron chi connectivity index (χ0n) is 11.3. The number of aromatic carboxylic acids is 1. The summed E-state index contributed by atoms with van der Waals surface area (Å²) in [6, 6.07) is 4.77. The van der Waals surface area contributed by atoms with E-state index in [9.17, 15) is 17.6 Å². The highest BCUT2D eigenvalue weighted by Crippen LogP contribution is 2.22. The lowest BCUT2D eigenvalue weighted by Gasteiger charge is -2.09. The van der Waals surface area contributed by atoms with Crippen molar-refractivity contribution >= 4 is 21.7 Å². The summed E-state index contributed by atoms with van der Waals surface area (Å²) in [7, 11) is -2.56. The van der Waals surface area contributed by atoms with E-state index in [0.29, 0.717) is 5.56 Å². The second kappa shape index (κ2) is 5.21. The molecule has 0 fully saturated rings. The smallest absolute Gasteiger partial charge is 0.352 e. The quantitative estimate of drug-likeness (QED) is 0.903. The summed E-state index contributed by atoms with van der Waals surface area (Å²) in [4.78, 5) is 10.7. The van der Waals surface area contributed by atoms with Crippen molar-refractivity contribution in [1.82, 2.24) is 4.57 Å². The monoisotopic (exact) mass is 312 g/mol. The van der Waals surface area contributed by atoms with E-state index in [1.54, 1.807) is 6.92 Å². The van der Waals surface area contributed by atoms with Crippen LogP contribution in [-0.4, -0.2) is 24.1 Å². The van der Waals surface area contributed by atoms with Crippen molar-refractivity contribution in [3.8, 4) is 0 Å². The lowest BCUT2D eigenvalue weighted by molar-refractivity contribution is 0.0686. The van der Waals surface area contributed by atoms with Crippen LogP contribution in [0.25, 0.3) is 0 Å². The van der Waals surface area contributed by atoms with Gasteiger partial charge in [0, 0.05) is 13.2 Å². The summed E-state index contributed by atoms with van der Waals surface area (Å²) in [5.74, 6) is -1.81. The van der Waals surface area contributed by atoms with E-state index >= 15 is 0 Å². The highest BCUT2D eigenvalue weighted by molar-refractivity contribution is 7.92. The highest BCUT2D eigenvalue weighted by Gasteiger charge is 2.21. The van der Waals surface area contributed by atoms with Crippen molar-refractivity contribution < 1.29 is 22.7 Å². The molecule has 0 spiro atoms. The van der Waals surface area contributed by atoms with Crippen molar-refractivity contribution in [1.29, 1.82) is 0 Å². The van der Waals surface area contributed by atoms with E-state index < -0.39 is 21.8 Å². The summed E-state index contributed by atoms with van der Waals surface area (Å²) >= 11 is 0. The number of aryl methyl sites for hydroxylation is 2. The number of benzene rings is 1. The number of hydrogen-bond donors (Lipinski definition) is 2. The number of sulfonamides is 1. The normalized spacial score (nSPS) is 11.4. The molecule has 21 heavy (non-hydrogen) atoms. The minimum absolute atomic E-state index is 0.107. The minimum Gasteiger partial charge on any atom is -0.477 e. The lowest BCUT2D eigenvalue weighted by atomic mass is 10.2. The average molecular weight is 312 g/mol. The van der Waals surface area contributed by atoms with Crippen LogP contribution in [-0.2, 0) is 17.1 Å². The molecule has 6 nitrogen and oxygen atoms in total. The molecule has 0 atom stereocenters. The van der Waals surface area contributed by atoms with Crippen molar-refractivity contribution in [2.24, 2.45) is 7.05 Å². The van der Waals surface area contributed by atoms with E-state index in [1.807, 2.05) is 0 Å². The maximum atomic E-state index is 13.2. The molecule has 0 unspecified atom stereocenters. The molecule has 0 bridgehead atoms. The maximum absolute atomic E-state index is 13.2. The van der Waals surface area contributed by atoms with Crippen LogP contribution in [0, 0.1) is 12.7 Å². The van der Waals surface area contributed by atoms with Gasteiger partial charge in [-0.2, -0.15) is 0 Å². The van der Waals surface area contributed by atoms with E-state index in [2.05, 4.69) is 4.72 Å². The number of nitrogens with one attached hydrogen (secondary N) is 1. The van der Waals surface area contributed by atoms with Gasteiger partial charge in [-0.1, -0.05) is 6.07 Å². The average Bonchev–Trinajstić information content (AvgIpc) is 2.77. The Balaban J connectivity index is 2.41. The van der Waals surface area contributed by atoms with Crippen LogP contribution >= 0.6 is 0 Å². The SMILES string of the molecule is Cc1ccc(F)cc1NS(=O)(=O)c1cc(C(=O)O)n(C)c1. The van der Waals surface area contributed by atoms with E-state index in [-0.39, 0.29) is 16.3 Å². The molecule has 0 aliphatic rings. The molecule has 8 heteroatoms. The van der Waals surface area contributed by atoms with Gasteiger partial charge in [-0.15, -0.1) is 0 Å². The summed E-state index contributed by atoms with van der Waals surface area (Å²) in [6.07, 6.45) is 1.18. The molecule has 2 rings (SSSR count). The Kier molecular flexibility index (Phi) is 3.73. The van der Waals surface area contributed by atoms with Gasteiger partial charge in [0.05, 0.1) is 5.69 Å². The van der Waals surface area contributed by atoms with Gasteiger partial charge >= 0.3 is 5.97 Å². The van der Waals surface area contributed by atoms with E-state index in [1.165, 1.54) is 29.9 Å². The molecule has 0 saturated carbocycles. The molecular weight excluding hydrogens is 299 g/mol. The molecule has 0 saturated heterocycles. The number of carboxylic acids is 1. The van der Waals surface area contributed by atoms with Crippen LogP contribution in [0.15, 0.2) is 35.4 Å². The number of rotatable bonds is 4. The predicted molar refractivity (Wildman–Crippen MR) is 74.3 cm³/mol. The van der Waals surface area contributed by atoms with Crippen molar-refractivity contribution in [3.63, 3.8) is 0 Å². The summed E-state index contributed by atoms with van der Waals surface area (Å²) < 4.78 is 41.0. The fraction of sp³-hybridized carbons (Fsp3) is 0.154. The van der Waals surface area contributed by atoms with Gasteiger partial charge in [0.1, 0.15) is 16.4 Å². The largest absolute Gasteiger partial charge is 0.477 e.